The number of hydrogen-bond donors (Lipinski definition) is 1. The van der Waals surface area contributed by atoms with Crippen LogP contribution in [0.2, 0.25) is 0 Å². The van der Waals surface area contributed by atoms with Crippen molar-refractivity contribution in [2.45, 2.75) is 6.18 Å². The summed E-state index contributed by atoms with van der Waals surface area (Å²) < 4.78 is 42.4. The lowest BCUT2D eigenvalue weighted by Gasteiger charge is -2.05. The molecule has 0 spiro atoms. The second-order valence-electron chi connectivity index (χ2n) is 3.43. The van der Waals surface area contributed by atoms with Crippen LogP contribution in [-0.2, 0) is 11.0 Å². The average Bonchev–Trinajstić information content (AvgIpc) is 2.70. The zero-order valence-corrected chi connectivity index (χ0v) is 8.91. The van der Waals surface area contributed by atoms with Gasteiger partial charge in [0, 0.05) is 0 Å². The normalized spacial score (nSPS) is 11.5. The minimum Gasteiger partial charge on any atom is -0.354 e. The van der Waals surface area contributed by atoms with Crippen LogP contribution in [0.3, 0.4) is 0 Å². The number of fused-ring (bicyclic) bond motifs is 1. The van der Waals surface area contributed by atoms with Crippen LogP contribution >= 0.6 is 0 Å². The molecule has 0 aliphatic heterocycles. The van der Waals surface area contributed by atoms with Gasteiger partial charge in [-0.15, -0.1) is 0 Å². The first-order valence-electron chi connectivity index (χ1n) is 4.82. The van der Waals surface area contributed by atoms with Gasteiger partial charge in [0.25, 0.3) is 0 Å². The molecule has 0 aliphatic rings. The Morgan fingerprint density at radius 2 is 2.17 bits per heavy atom. The lowest BCUT2D eigenvalue weighted by molar-refractivity contribution is -0.137. The van der Waals surface area contributed by atoms with E-state index in [0.717, 1.165) is 24.3 Å². The summed E-state index contributed by atoms with van der Waals surface area (Å²) in [6.07, 6.45) is -3.49. The van der Waals surface area contributed by atoms with Gasteiger partial charge in [-0.3, -0.25) is 4.79 Å². The molecule has 1 aromatic heterocycles. The van der Waals surface area contributed by atoms with Gasteiger partial charge in [0.2, 0.25) is 5.91 Å². The number of anilines is 1. The highest BCUT2D eigenvalue weighted by molar-refractivity contribution is 6.03. The number of aromatic nitrogens is 1. The van der Waals surface area contributed by atoms with Gasteiger partial charge in [0.15, 0.2) is 11.4 Å². The number of nitrogens with zero attached hydrogens (tertiary/aromatic N) is 1. The van der Waals surface area contributed by atoms with Crippen molar-refractivity contribution in [3.8, 4) is 0 Å². The van der Waals surface area contributed by atoms with Gasteiger partial charge < -0.3 is 9.84 Å². The summed E-state index contributed by atoms with van der Waals surface area (Å²) in [7, 11) is 0. The third-order valence-corrected chi connectivity index (χ3v) is 2.22. The maximum atomic E-state index is 12.5. The molecule has 0 unspecified atom stereocenters. The van der Waals surface area contributed by atoms with E-state index in [0.29, 0.717) is 0 Å². The van der Waals surface area contributed by atoms with E-state index in [1.165, 1.54) is 0 Å². The van der Waals surface area contributed by atoms with E-state index in [-0.39, 0.29) is 16.8 Å². The zero-order chi connectivity index (χ0) is 13.3. The molecule has 7 heteroatoms. The molecule has 0 atom stereocenters. The van der Waals surface area contributed by atoms with E-state index in [1.54, 1.807) is 0 Å². The van der Waals surface area contributed by atoms with Gasteiger partial charge >= 0.3 is 6.18 Å². The number of hydrogen-bond acceptors (Lipinski definition) is 3. The van der Waals surface area contributed by atoms with Crippen LogP contribution in [0.15, 0.2) is 35.4 Å². The molecule has 0 saturated carbocycles. The Labute approximate surface area is 99.1 Å². The van der Waals surface area contributed by atoms with Crippen LogP contribution in [-0.4, -0.2) is 11.1 Å². The summed E-state index contributed by atoms with van der Waals surface area (Å²) in [6, 6.07) is 2.89. The fourth-order valence-electron chi connectivity index (χ4n) is 1.37. The molecule has 0 bridgehead atoms. The van der Waals surface area contributed by atoms with Crippen LogP contribution < -0.4 is 5.32 Å². The van der Waals surface area contributed by atoms with Crippen molar-refractivity contribution in [3.05, 3.63) is 36.4 Å². The maximum Gasteiger partial charge on any atom is 0.416 e. The van der Waals surface area contributed by atoms with Crippen LogP contribution in [0.5, 0.6) is 0 Å². The highest BCUT2D eigenvalue weighted by atomic mass is 19.4. The van der Waals surface area contributed by atoms with Crippen molar-refractivity contribution in [1.82, 2.24) is 5.16 Å². The lowest BCUT2D eigenvalue weighted by atomic mass is 10.1. The molecule has 1 N–H and O–H groups in total. The van der Waals surface area contributed by atoms with Crippen molar-refractivity contribution in [1.29, 1.82) is 0 Å². The van der Waals surface area contributed by atoms with E-state index in [4.69, 9.17) is 4.52 Å². The van der Waals surface area contributed by atoms with Crippen LogP contribution in [0, 0.1) is 0 Å². The molecule has 0 saturated heterocycles. The number of carbonyl (C=O) groups excluding carboxylic acids is 1. The maximum absolute atomic E-state index is 12.5. The number of carbonyl (C=O) groups is 1. The SMILES string of the molecule is C=CC(=O)Nc1noc2ccc(C(F)(F)F)cc12. The molecule has 1 aromatic carbocycles. The number of halogens is 3. The van der Waals surface area contributed by atoms with E-state index < -0.39 is 17.6 Å². The lowest BCUT2D eigenvalue weighted by Crippen LogP contribution is -2.08. The van der Waals surface area contributed by atoms with E-state index in [2.05, 4.69) is 17.1 Å². The fourth-order valence-corrected chi connectivity index (χ4v) is 1.37. The quantitative estimate of drug-likeness (QED) is 0.840. The Morgan fingerprint density at radius 3 is 2.78 bits per heavy atom. The topological polar surface area (TPSA) is 55.1 Å². The third kappa shape index (κ3) is 2.20. The summed E-state index contributed by atoms with van der Waals surface area (Å²) in [6.45, 7) is 3.23. The predicted octanol–water partition coefficient (Wildman–Crippen LogP) is 2.97. The van der Waals surface area contributed by atoms with Gasteiger partial charge in [-0.05, 0) is 24.3 Å². The predicted molar refractivity (Wildman–Crippen MR) is 57.8 cm³/mol. The second kappa shape index (κ2) is 4.17. The summed E-state index contributed by atoms with van der Waals surface area (Å²) in [5.74, 6) is -0.649. The summed E-state index contributed by atoms with van der Waals surface area (Å²) in [5.41, 5.74) is -0.685. The summed E-state index contributed by atoms with van der Waals surface area (Å²) in [5, 5.41) is 5.83. The zero-order valence-electron chi connectivity index (χ0n) is 8.91. The number of benzene rings is 1. The van der Waals surface area contributed by atoms with Crippen molar-refractivity contribution < 1.29 is 22.5 Å². The van der Waals surface area contributed by atoms with Gasteiger partial charge in [-0.1, -0.05) is 11.7 Å². The summed E-state index contributed by atoms with van der Waals surface area (Å²) in [4.78, 5) is 11.1. The van der Waals surface area contributed by atoms with E-state index in [9.17, 15) is 18.0 Å². The highest BCUT2D eigenvalue weighted by Gasteiger charge is 2.31. The minimum atomic E-state index is -4.47. The molecular formula is C11H7F3N2O2. The third-order valence-electron chi connectivity index (χ3n) is 2.22. The highest BCUT2D eigenvalue weighted by Crippen LogP contribution is 2.33. The molecule has 1 heterocycles. The van der Waals surface area contributed by atoms with Gasteiger partial charge in [-0.2, -0.15) is 13.2 Å². The van der Waals surface area contributed by atoms with Crippen LogP contribution in [0.1, 0.15) is 5.56 Å². The standard InChI is InChI=1S/C11H7F3N2O2/c1-2-9(17)15-10-7-5-6(11(12,13)14)3-4-8(7)18-16-10/h2-5H,1H2,(H,15,16,17). The molecule has 94 valence electrons. The molecule has 0 fully saturated rings. The monoisotopic (exact) mass is 256 g/mol. The van der Waals surface area contributed by atoms with Crippen LogP contribution in [0.25, 0.3) is 11.0 Å². The first-order chi connectivity index (χ1) is 8.41. The molecule has 0 aliphatic carbocycles. The van der Waals surface area contributed by atoms with Crippen molar-refractivity contribution in [2.75, 3.05) is 5.32 Å². The second-order valence-corrected chi connectivity index (χ2v) is 3.43. The molecule has 18 heavy (non-hydrogen) atoms. The van der Waals surface area contributed by atoms with Gasteiger partial charge in [-0.25, -0.2) is 0 Å². The van der Waals surface area contributed by atoms with Crippen molar-refractivity contribution in [2.24, 2.45) is 0 Å². The fraction of sp³-hybridized carbons (Fsp3) is 0.0909. The molecule has 2 rings (SSSR count). The molecule has 2 aromatic rings. The Kier molecular flexibility index (Phi) is 2.82. The van der Waals surface area contributed by atoms with E-state index in [1.807, 2.05) is 0 Å². The van der Waals surface area contributed by atoms with Gasteiger partial charge in [0.05, 0.1) is 10.9 Å². The minimum absolute atomic E-state index is 0.0685. The first-order valence-corrected chi connectivity index (χ1v) is 4.82. The Balaban J connectivity index is 2.50. The van der Waals surface area contributed by atoms with Gasteiger partial charge in [0.1, 0.15) is 0 Å². The molecule has 0 radical (unpaired) electrons. The Hall–Kier alpha value is -2.31. The number of rotatable bonds is 2. The Bertz CT molecular complexity index is 616. The summed E-state index contributed by atoms with van der Waals surface area (Å²) >= 11 is 0. The largest absolute Gasteiger partial charge is 0.416 e. The first kappa shape index (κ1) is 12.2. The van der Waals surface area contributed by atoms with Crippen molar-refractivity contribution >= 4 is 22.7 Å². The molecule has 1 amide bonds. The Morgan fingerprint density at radius 1 is 1.44 bits per heavy atom. The van der Waals surface area contributed by atoms with Crippen LogP contribution in [0.4, 0.5) is 19.0 Å². The van der Waals surface area contributed by atoms with Crippen molar-refractivity contribution in [3.63, 3.8) is 0 Å². The molecular weight excluding hydrogens is 249 g/mol. The number of nitrogens with one attached hydrogen (secondary N) is 1. The smallest absolute Gasteiger partial charge is 0.354 e. The number of amides is 1. The number of alkyl halides is 3. The van der Waals surface area contributed by atoms with E-state index >= 15 is 0 Å². The molecule has 4 nitrogen and oxygen atoms in total. The average molecular weight is 256 g/mol.